The second-order valence-corrected chi connectivity index (χ2v) is 6.30. The van der Waals surface area contributed by atoms with E-state index in [-0.39, 0.29) is 6.04 Å². The molecule has 5 nitrogen and oxygen atoms in total. The Hall–Kier alpha value is -2.53. The fourth-order valence-corrected chi connectivity index (χ4v) is 3.55. The summed E-state index contributed by atoms with van der Waals surface area (Å²) >= 11 is 0. The predicted molar refractivity (Wildman–Crippen MR) is 93.4 cm³/mol. The number of hydrogen-bond acceptors (Lipinski definition) is 4. The zero-order chi connectivity index (χ0) is 16.2. The lowest BCUT2D eigenvalue weighted by Gasteiger charge is -2.30. The van der Waals surface area contributed by atoms with Crippen LogP contribution in [0.3, 0.4) is 0 Å². The summed E-state index contributed by atoms with van der Waals surface area (Å²) in [4.78, 5) is 1.76. The van der Waals surface area contributed by atoms with Crippen molar-refractivity contribution in [2.24, 2.45) is 5.92 Å². The van der Waals surface area contributed by atoms with Crippen molar-refractivity contribution in [3.05, 3.63) is 66.5 Å². The summed E-state index contributed by atoms with van der Waals surface area (Å²) in [6.07, 6.45) is 3.89. The van der Waals surface area contributed by atoms with Gasteiger partial charge in [-0.05, 0) is 47.2 Å². The van der Waals surface area contributed by atoms with Crippen LogP contribution in [0.15, 0.2) is 60.9 Å². The molecule has 2 heterocycles. The van der Waals surface area contributed by atoms with Gasteiger partial charge < -0.3 is 5.32 Å². The summed E-state index contributed by atoms with van der Waals surface area (Å²) in [5.74, 6) is 0.482. The summed E-state index contributed by atoms with van der Waals surface area (Å²) in [5, 5.41) is 15.9. The van der Waals surface area contributed by atoms with Crippen LogP contribution >= 0.6 is 0 Å². The van der Waals surface area contributed by atoms with Crippen LogP contribution in [0.4, 0.5) is 0 Å². The number of nitrogens with zero attached hydrogens (tertiary/aromatic N) is 4. The van der Waals surface area contributed by atoms with E-state index in [2.05, 4.69) is 69.3 Å². The molecule has 2 aromatic carbocycles. The average molecular weight is 319 g/mol. The molecule has 24 heavy (non-hydrogen) atoms. The summed E-state index contributed by atoms with van der Waals surface area (Å²) < 4.78 is 0. The van der Waals surface area contributed by atoms with Crippen molar-refractivity contribution in [2.45, 2.75) is 18.9 Å². The van der Waals surface area contributed by atoms with E-state index < -0.39 is 0 Å². The fourth-order valence-electron chi connectivity index (χ4n) is 3.55. The molecule has 122 valence electrons. The maximum Gasteiger partial charge on any atom is 0.162 e. The third kappa shape index (κ3) is 3.08. The third-order valence-corrected chi connectivity index (χ3v) is 4.75. The monoisotopic (exact) mass is 319 g/mol. The first-order valence-corrected chi connectivity index (χ1v) is 8.50. The van der Waals surface area contributed by atoms with Gasteiger partial charge in [0.25, 0.3) is 0 Å². The maximum absolute atomic E-state index is 4.32. The van der Waals surface area contributed by atoms with Crippen LogP contribution in [-0.2, 0) is 0 Å². The van der Waals surface area contributed by atoms with Crippen molar-refractivity contribution in [1.82, 2.24) is 25.5 Å². The van der Waals surface area contributed by atoms with Gasteiger partial charge in [0.1, 0.15) is 6.04 Å². The van der Waals surface area contributed by atoms with E-state index in [1.54, 1.807) is 4.80 Å². The number of tetrazole rings is 1. The molecule has 5 heteroatoms. The van der Waals surface area contributed by atoms with Crippen molar-refractivity contribution >= 4 is 0 Å². The van der Waals surface area contributed by atoms with Gasteiger partial charge in [0.05, 0.1) is 0 Å². The van der Waals surface area contributed by atoms with Gasteiger partial charge in [-0.1, -0.05) is 54.6 Å². The van der Waals surface area contributed by atoms with Gasteiger partial charge in [0, 0.05) is 6.54 Å². The van der Waals surface area contributed by atoms with Crippen molar-refractivity contribution in [2.75, 3.05) is 13.1 Å². The molecule has 0 aliphatic carbocycles. The van der Waals surface area contributed by atoms with Gasteiger partial charge >= 0.3 is 0 Å². The molecule has 1 N–H and O–H groups in total. The zero-order valence-corrected chi connectivity index (χ0v) is 13.5. The minimum Gasteiger partial charge on any atom is -0.316 e. The number of aromatic nitrogens is 4. The highest BCUT2D eigenvalue weighted by molar-refractivity contribution is 5.63. The molecule has 4 rings (SSSR count). The maximum atomic E-state index is 4.32. The van der Waals surface area contributed by atoms with Crippen LogP contribution < -0.4 is 5.32 Å². The second-order valence-electron chi connectivity index (χ2n) is 6.30. The number of piperidine rings is 1. The molecule has 0 spiro atoms. The lowest BCUT2D eigenvalue weighted by molar-refractivity contribution is 0.261. The van der Waals surface area contributed by atoms with Crippen LogP contribution in [0.2, 0.25) is 0 Å². The Kier molecular flexibility index (Phi) is 4.34. The van der Waals surface area contributed by atoms with Crippen molar-refractivity contribution in [1.29, 1.82) is 0 Å². The summed E-state index contributed by atoms with van der Waals surface area (Å²) in [6.45, 7) is 2.09. The molecule has 3 aromatic rings. The third-order valence-electron chi connectivity index (χ3n) is 4.75. The first-order chi connectivity index (χ1) is 11.9. The van der Waals surface area contributed by atoms with Crippen molar-refractivity contribution in [3.8, 4) is 11.1 Å². The standard InChI is InChI=1S/C19H21N5/c1-2-5-15(6-3-1)16-8-10-17(11-9-16)19(24-22-14-21-23-24)18-7-4-12-20-13-18/h1-3,5-6,8-11,14,18-20H,4,7,12-13H2/t18?,19-/m1/s1. The van der Waals surface area contributed by atoms with E-state index in [1.165, 1.54) is 35.9 Å². The quantitative estimate of drug-likeness (QED) is 0.803. The highest BCUT2D eigenvalue weighted by Crippen LogP contribution is 2.31. The molecule has 1 aliphatic rings. The molecule has 0 saturated carbocycles. The Morgan fingerprint density at radius 1 is 1.00 bits per heavy atom. The Morgan fingerprint density at radius 3 is 2.46 bits per heavy atom. The summed E-state index contributed by atoms with van der Waals surface area (Å²) in [6, 6.07) is 19.3. The molecule has 0 bridgehead atoms. The number of nitrogens with one attached hydrogen (secondary N) is 1. The van der Waals surface area contributed by atoms with Crippen molar-refractivity contribution in [3.63, 3.8) is 0 Å². The number of benzene rings is 2. The van der Waals surface area contributed by atoms with Crippen LogP contribution in [0, 0.1) is 5.92 Å². The Balaban J connectivity index is 1.65. The minimum absolute atomic E-state index is 0.130. The molecule has 1 fully saturated rings. The second kappa shape index (κ2) is 6.93. The van der Waals surface area contributed by atoms with Crippen molar-refractivity contribution < 1.29 is 0 Å². The topological polar surface area (TPSA) is 55.6 Å². The molecule has 1 aliphatic heterocycles. The molecular formula is C19H21N5. The minimum atomic E-state index is 0.130. The number of hydrogen-bond donors (Lipinski definition) is 1. The van der Waals surface area contributed by atoms with E-state index in [0.29, 0.717) is 5.92 Å². The van der Waals surface area contributed by atoms with Crippen LogP contribution in [-0.4, -0.2) is 33.3 Å². The number of rotatable bonds is 4. The molecule has 0 amide bonds. The molecule has 1 saturated heterocycles. The molecule has 1 aromatic heterocycles. The first-order valence-electron chi connectivity index (χ1n) is 8.50. The van der Waals surface area contributed by atoms with Crippen LogP contribution in [0.5, 0.6) is 0 Å². The van der Waals surface area contributed by atoms with E-state index in [0.717, 1.165) is 13.1 Å². The molecule has 0 radical (unpaired) electrons. The van der Waals surface area contributed by atoms with Gasteiger partial charge in [-0.15, -0.1) is 10.2 Å². The largest absolute Gasteiger partial charge is 0.316 e. The Morgan fingerprint density at radius 2 is 1.79 bits per heavy atom. The summed E-state index contributed by atoms with van der Waals surface area (Å²) in [5.41, 5.74) is 3.70. The molecule has 2 atom stereocenters. The fraction of sp³-hybridized carbons (Fsp3) is 0.316. The normalized spacial score (nSPS) is 19.1. The van der Waals surface area contributed by atoms with Gasteiger partial charge in [-0.25, -0.2) is 0 Å². The predicted octanol–water partition coefficient (Wildman–Crippen LogP) is 2.93. The van der Waals surface area contributed by atoms with Gasteiger partial charge in [-0.3, -0.25) is 0 Å². The van der Waals surface area contributed by atoms with Gasteiger partial charge in [0.2, 0.25) is 0 Å². The highest BCUT2D eigenvalue weighted by atomic mass is 15.6. The van der Waals surface area contributed by atoms with Crippen LogP contribution in [0.25, 0.3) is 11.1 Å². The SMILES string of the molecule is c1ccc(-c2ccc([C@H](C3CCCNC3)n3ncnn3)cc2)cc1. The van der Waals surface area contributed by atoms with E-state index in [4.69, 9.17) is 0 Å². The Bertz CT molecular complexity index is 746. The van der Waals surface area contributed by atoms with Gasteiger partial charge in [0.15, 0.2) is 6.33 Å². The molecule has 1 unspecified atom stereocenters. The molecular weight excluding hydrogens is 298 g/mol. The lowest BCUT2D eigenvalue weighted by Crippen LogP contribution is -2.36. The zero-order valence-electron chi connectivity index (χ0n) is 13.5. The first kappa shape index (κ1) is 15.0. The average Bonchev–Trinajstić information content (AvgIpc) is 3.18. The van der Waals surface area contributed by atoms with Gasteiger partial charge in [-0.2, -0.15) is 4.80 Å². The smallest absolute Gasteiger partial charge is 0.162 e. The Labute approximate surface area is 141 Å². The van der Waals surface area contributed by atoms with E-state index in [9.17, 15) is 0 Å². The van der Waals surface area contributed by atoms with Crippen LogP contribution in [0.1, 0.15) is 24.4 Å². The summed E-state index contributed by atoms with van der Waals surface area (Å²) in [7, 11) is 0. The lowest BCUT2D eigenvalue weighted by atomic mass is 9.87. The van der Waals surface area contributed by atoms with E-state index >= 15 is 0 Å². The highest BCUT2D eigenvalue weighted by Gasteiger charge is 2.28. The van der Waals surface area contributed by atoms with E-state index in [1.807, 2.05) is 6.07 Å².